The second-order valence-corrected chi connectivity index (χ2v) is 6.10. The summed E-state index contributed by atoms with van der Waals surface area (Å²) in [7, 11) is 0. The summed E-state index contributed by atoms with van der Waals surface area (Å²) >= 11 is 1.46. The minimum absolute atomic E-state index is 0.137. The van der Waals surface area contributed by atoms with Crippen LogP contribution in [0.1, 0.15) is 22.2 Å². The van der Waals surface area contributed by atoms with E-state index in [2.05, 4.69) is 5.32 Å². The van der Waals surface area contributed by atoms with Crippen molar-refractivity contribution in [3.05, 3.63) is 59.0 Å². The van der Waals surface area contributed by atoms with Crippen molar-refractivity contribution < 1.29 is 14.6 Å². The third kappa shape index (κ3) is 3.36. The predicted molar refractivity (Wildman–Crippen MR) is 93.3 cm³/mol. The topological polar surface area (TPSA) is 58.6 Å². The molecule has 0 aliphatic rings. The van der Waals surface area contributed by atoms with Gasteiger partial charge in [-0.2, -0.15) is 0 Å². The molecule has 0 fully saturated rings. The molecule has 1 heterocycles. The molecule has 1 aromatic heterocycles. The Balaban J connectivity index is 1.82. The number of hydrogen-bond donors (Lipinski definition) is 2. The number of amides is 1. The number of carbonyl (C=O) groups is 1. The van der Waals surface area contributed by atoms with Crippen LogP contribution in [0, 0.1) is 0 Å². The van der Waals surface area contributed by atoms with Crippen molar-refractivity contribution in [1.29, 1.82) is 0 Å². The number of thiophene rings is 1. The number of rotatable bonds is 5. The molecule has 1 amide bonds. The number of fused-ring (bicyclic) bond motifs is 1. The highest BCUT2D eigenvalue weighted by molar-refractivity contribution is 7.20. The molecule has 5 heteroatoms. The lowest BCUT2D eigenvalue weighted by Crippen LogP contribution is -2.10. The van der Waals surface area contributed by atoms with E-state index in [1.165, 1.54) is 11.3 Å². The molecule has 0 saturated heterocycles. The van der Waals surface area contributed by atoms with E-state index >= 15 is 0 Å². The molecular weight excluding hydrogens is 310 g/mol. The SMILES string of the molecule is CCOc1ccc(NC(=O)c2cc3ccccc3s2)cc1CO. The number of nitrogens with one attached hydrogen (secondary N) is 1. The number of anilines is 1. The van der Waals surface area contributed by atoms with Gasteiger partial charge in [0, 0.05) is 16.0 Å². The average Bonchev–Trinajstić information content (AvgIpc) is 3.00. The van der Waals surface area contributed by atoms with Crippen LogP contribution in [0.15, 0.2) is 48.5 Å². The largest absolute Gasteiger partial charge is 0.494 e. The van der Waals surface area contributed by atoms with Gasteiger partial charge in [0.1, 0.15) is 5.75 Å². The normalized spacial score (nSPS) is 10.7. The van der Waals surface area contributed by atoms with Gasteiger partial charge < -0.3 is 15.2 Å². The summed E-state index contributed by atoms with van der Waals surface area (Å²) < 4.78 is 6.53. The maximum absolute atomic E-state index is 12.4. The Bertz CT molecular complexity index is 808. The van der Waals surface area contributed by atoms with Crippen molar-refractivity contribution in [2.75, 3.05) is 11.9 Å². The number of aliphatic hydroxyl groups is 1. The summed E-state index contributed by atoms with van der Waals surface area (Å²) in [6, 6.07) is 15.1. The molecule has 0 aliphatic carbocycles. The number of benzene rings is 2. The zero-order valence-electron chi connectivity index (χ0n) is 12.7. The third-order valence-electron chi connectivity index (χ3n) is 3.44. The first-order valence-corrected chi connectivity index (χ1v) is 8.19. The standard InChI is InChI=1S/C18H17NO3S/c1-2-22-15-8-7-14(9-13(15)11-20)19-18(21)17-10-12-5-3-4-6-16(12)23-17/h3-10,20H,2,11H2,1H3,(H,19,21). The maximum Gasteiger partial charge on any atom is 0.265 e. The van der Waals surface area contributed by atoms with Gasteiger partial charge in [0.15, 0.2) is 0 Å². The van der Waals surface area contributed by atoms with Gasteiger partial charge in [-0.05, 0) is 42.6 Å². The summed E-state index contributed by atoms with van der Waals surface area (Å²) in [5.41, 5.74) is 1.29. The Hall–Kier alpha value is -2.37. The monoisotopic (exact) mass is 327 g/mol. The summed E-state index contributed by atoms with van der Waals surface area (Å²) in [5.74, 6) is 0.481. The molecule has 0 atom stereocenters. The molecule has 2 aromatic carbocycles. The fourth-order valence-corrected chi connectivity index (χ4v) is 3.32. The first kappa shape index (κ1) is 15.5. The highest BCUT2D eigenvalue weighted by atomic mass is 32.1. The van der Waals surface area contributed by atoms with Gasteiger partial charge in [0.2, 0.25) is 0 Å². The predicted octanol–water partition coefficient (Wildman–Crippen LogP) is 4.04. The van der Waals surface area contributed by atoms with E-state index < -0.39 is 0 Å². The number of hydrogen-bond acceptors (Lipinski definition) is 4. The molecule has 3 aromatic rings. The molecule has 0 radical (unpaired) electrons. The highest BCUT2D eigenvalue weighted by Crippen LogP contribution is 2.27. The number of carbonyl (C=O) groups excluding carboxylic acids is 1. The van der Waals surface area contributed by atoms with E-state index in [9.17, 15) is 9.90 Å². The van der Waals surface area contributed by atoms with Gasteiger partial charge >= 0.3 is 0 Å². The van der Waals surface area contributed by atoms with Crippen LogP contribution in [-0.4, -0.2) is 17.6 Å². The lowest BCUT2D eigenvalue weighted by molar-refractivity contribution is 0.103. The van der Waals surface area contributed by atoms with Crippen LogP contribution in [0.5, 0.6) is 5.75 Å². The maximum atomic E-state index is 12.4. The lowest BCUT2D eigenvalue weighted by atomic mass is 10.2. The van der Waals surface area contributed by atoms with E-state index in [0.717, 1.165) is 10.1 Å². The average molecular weight is 327 g/mol. The number of ether oxygens (including phenoxy) is 1. The van der Waals surface area contributed by atoms with Crippen LogP contribution >= 0.6 is 11.3 Å². The molecule has 0 saturated carbocycles. The Morgan fingerprint density at radius 2 is 2.04 bits per heavy atom. The van der Waals surface area contributed by atoms with Crippen LogP contribution in [0.3, 0.4) is 0 Å². The highest BCUT2D eigenvalue weighted by Gasteiger charge is 2.12. The molecule has 2 N–H and O–H groups in total. The molecule has 23 heavy (non-hydrogen) atoms. The van der Waals surface area contributed by atoms with Crippen LogP contribution in [0.4, 0.5) is 5.69 Å². The van der Waals surface area contributed by atoms with Crippen LogP contribution < -0.4 is 10.1 Å². The van der Waals surface area contributed by atoms with Gasteiger partial charge in [0.25, 0.3) is 5.91 Å². The van der Waals surface area contributed by atoms with E-state index in [1.807, 2.05) is 37.3 Å². The molecular formula is C18H17NO3S. The lowest BCUT2D eigenvalue weighted by Gasteiger charge is -2.11. The van der Waals surface area contributed by atoms with Crippen molar-refractivity contribution in [3.63, 3.8) is 0 Å². The Labute approximate surface area is 138 Å². The van der Waals surface area contributed by atoms with E-state index in [1.54, 1.807) is 18.2 Å². The summed E-state index contributed by atoms with van der Waals surface area (Å²) in [4.78, 5) is 13.1. The smallest absolute Gasteiger partial charge is 0.265 e. The third-order valence-corrected chi connectivity index (χ3v) is 4.55. The second-order valence-electron chi connectivity index (χ2n) is 5.02. The van der Waals surface area contributed by atoms with Crippen molar-refractivity contribution in [1.82, 2.24) is 0 Å². The Kier molecular flexibility index (Phi) is 4.60. The van der Waals surface area contributed by atoms with Gasteiger partial charge in [-0.3, -0.25) is 4.79 Å². The van der Waals surface area contributed by atoms with Crippen LogP contribution in [0.25, 0.3) is 10.1 Å². The van der Waals surface area contributed by atoms with Gasteiger partial charge in [-0.25, -0.2) is 0 Å². The van der Waals surface area contributed by atoms with Crippen molar-refractivity contribution in [2.24, 2.45) is 0 Å². The molecule has 0 bridgehead atoms. The molecule has 3 rings (SSSR count). The summed E-state index contributed by atoms with van der Waals surface area (Å²) in [6.45, 7) is 2.28. The Morgan fingerprint density at radius 1 is 1.22 bits per heavy atom. The molecule has 0 spiro atoms. The first-order chi connectivity index (χ1) is 11.2. The second kappa shape index (κ2) is 6.81. The van der Waals surface area contributed by atoms with E-state index in [0.29, 0.717) is 28.5 Å². The minimum atomic E-state index is -0.153. The molecule has 118 valence electrons. The quantitative estimate of drug-likeness (QED) is 0.743. The molecule has 0 aliphatic heterocycles. The number of aliphatic hydroxyl groups excluding tert-OH is 1. The van der Waals surface area contributed by atoms with Crippen LogP contribution in [0.2, 0.25) is 0 Å². The van der Waals surface area contributed by atoms with E-state index in [-0.39, 0.29) is 12.5 Å². The zero-order valence-corrected chi connectivity index (χ0v) is 13.5. The van der Waals surface area contributed by atoms with Crippen molar-refractivity contribution in [3.8, 4) is 5.75 Å². The minimum Gasteiger partial charge on any atom is -0.494 e. The molecule has 4 nitrogen and oxygen atoms in total. The van der Waals surface area contributed by atoms with Gasteiger partial charge in [0.05, 0.1) is 18.1 Å². The van der Waals surface area contributed by atoms with Crippen LogP contribution in [-0.2, 0) is 6.61 Å². The van der Waals surface area contributed by atoms with E-state index in [4.69, 9.17) is 4.74 Å². The summed E-state index contributed by atoms with van der Waals surface area (Å²) in [6.07, 6.45) is 0. The first-order valence-electron chi connectivity index (χ1n) is 7.37. The Morgan fingerprint density at radius 3 is 2.78 bits per heavy atom. The van der Waals surface area contributed by atoms with Crippen molar-refractivity contribution >= 4 is 33.0 Å². The fourth-order valence-electron chi connectivity index (χ4n) is 2.36. The van der Waals surface area contributed by atoms with Crippen molar-refractivity contribution in [2.45, 2.75) is 13.5 Å². The summed E-state index contributed by atoms with van der Waals surface area (Å²) in [5, 5.41) is 13.4. The van der Waals surface area contributed by atoms with Gasteiger partial charge in [-0.15, -0.1) is 11.3 Å². The van der Waals surface area contributed by atoms with Gasteiger partial charge in [-0.1, -0.05) is 18.2 Å². The fraction of sp³-hybridized carbons (Fsp3) is 0.167. The molecule has 0 unspecified atom stereocenters. The zero-order chi connectivity index (χ0) is 16.2.